The molecule has 4 aromatic rings. The molecule has 0 radical (unpaired) electrons. The molecule has 4 heterocycles. The first-order chi connectivity index (χ1) is 17.0. The van der Waals surface area contributed by atoms with Gasteiger partial charge in [0.1, 0.15) is 23.6 Å². The van der Waals surface area contributed by atoms with Crippen LogP contribution in [-0.4, -0.2) is 54.2 Å². The van der Waals surface area contributed by atoms with E-state index in [0.717, 1.165) is 22.4 Å². The first-order valence-electron chi connectivity index (χ1n) is 11.7. The summed E-state index contributed by atoms with van der Waals surface area (Å²) in [5.41, 5.74) is 3.03. The Balaban J connectivity index is 1.48. The van der Waals surface area contributed by atoms with Crippen LogP contribution < -0.4 is 15.6 Å². The van der Waals surface area contributed by atoms with Crippen LogP contribution in [0, 0.1) is 6.92 Å². The van der Waals surface area contributed by atoms with Crippen LogP contribution in [0.15, 0.2) is 41.7 Å². The number of aromatic nitrogens is 6. The average Bonchev–Trinajstić information content (AvgIpc) is 3.43. The molecule has 0 spiro atoms. The summed E-state index contributed by atoms with van der Waals surface area (Å²) in [7, 11) is 0. The molecule has 11 heteroatoms. The van der Waals surface area contributed by atoms with E-state index in [1.807, 2.05) is 27.0 Å². The van der Waals surface area contributed by atoms with E-state index in [2.05, 4.69) is 25.5 Å². The van der Waals surface area contributed by atoms with Gasteiger partial charge in [0.2, 0.25) is 0 Å². The summed E-state index contributed by atoms with van der Waals surface area (Å²) in [5.74, 6) is 1.23. The number of pyridine rings is 1. The Labute approximate surface area is 208 Å². The molecule has 0 bridgehead atoms. The lowest BCUT2D eigenvalue weighted by atomic mass is 10.0. The Morgan fingerprint density at radius 3 is 2.72 bits per heavy atom. The number of ether oxygens (including phenoxy) is 2. The lowest BCUT2D eigenvalue weighted by Crippen LogP contribution is -2.34. The molecule has 0 aliphatic carbocycles. The van der Waals surface area contributed by atoms with E-state index in [1.165, 1.54) is 4.52 Å². The summed E-state index contributed by atoms with van der Waals surface area (Å²) in [6, 6.07) is 3.48. The van der Waals surface area contributed by atoms with Gasteiger partial charge >= 0.3 is 6.09 Å². The Morgan fingerprint density at radius 1 is 1.22 bits per heavy atom. The number of hydrogen-bond acceptors (Lipinski definition) is 7. The third kappa shape index (κ3) is 5.40. The van der Waals surface area contributed by atoms with Crippen LogP contribution in [-0.2, 0) is 4.74 Å². The molecule has 4 rings (SSSR count). The quantitative estimate of drug-likeness (QED) is 0.376. The molecule has 0 unspecified atom stereocenters. The van der Waals surface area contributed by atoms with Crippen LogP contribution in [0.4, 0.5) is 4.79 Å². The zero-order chi connectivity index (χ0) is 26.0. The first-order valence-corrected chi connectivity index (χ1v) is 11.7. The van der Waals surface area contributed by atoms with Crippen LogP contribution in [0.5, 0.6) is 5.75 Å². The van der Waals surface area contributed by atoms with Gasteiger partial charge < -0.3 is 19.8 Å². The van der Waals surface area contributed by atoms with E-state index in [1.54, 1.807) is 56.2 Å². The molecule has 0 aliphatic rings. The summed E-state index contributed by atoms with van der Waals surface area (Å²) >= 11 is 0. The molecule has 0 saturated heterocycles. The Hall–Kier alpha value is -4.15. The van der Waals surface area contributed by atoms with E-state index in [4.69, 9.17) is 9.47 Å². The maximum absolute atomic E-state index is 12.9. The Kier molecular flexibility index (Phi) is 6.82. The van der Waals surface area contributed by atoms with E-state index >= 15 is 0 Å². The van der Waals surface area contributed by atoms with Gasteiger partial charge in [0, 0.05) is 40.8 Å². The van der Waals surface area contributed by atoms with Gasteiger partial charge in [0.05, 0.1) is 18.9 Å². The van der Waals surface area contributed by atoms with Crippen molar-refractivity contribution in [2.75, 3.05) is 13.2 Å². The number of carbonyl (C=O) groups is 1. The van der Waals surface area contributed by atoms with Crippen molar-refractivity contribution in [2.24, 2.45) is 0 Å². The molecule has 36 heavy (non-hydrogen) atoms. The molecule has 4 aromatic heterocycles. The number of nitrogens with one attached hydrogen (secondary N) is 2. The smallest absolute Gasteiger partial charge is 0.407 e. The summed E-state index contributed by atoms with van der Waals surface area (Å²) in [4.78, 5) is 32.3. The molecular formula is C25H31N7O4. The van der Waals surface area contributed by atoms with Crippen molar-refractivity contribution >= 4 is 11.7 Å². The van der Waals surface area contributed by atoms with E-state index < -0.39 is 11.7 Å². The van der Waals surface area contributed by atoms with Gasteiger partial charge in [-0.3, -0.25) is 4.79 Å². The fourth-order valence-electron chi connectivity index (χ4n) is 3.87. The second kappa shape index (κ2) is 9.84. The van der Waals surface area contributed by atoms with Gasteiger partial charge in [-0.25, -0.2) is 14.5 Å². The number of fused-ring (bicyclic) bond motifs is 1. The van der Waals surface area contributed by atoms with Crippen molar-refractivity contribution in [1.29, 1.82) is 0 Å². The summed E-state index contributed by atoms with van der Waals surface area (Å²) in [6.45, 7) is 11.8. The van der Waals surface area contributed by atoms with Gasteiger partial charge in [-0.15, -0.1) is 0 Å². The van der Waals surface area contributed by atoms with Crippen LogP contribution in [0.2, 0.25) is 0 Å². The maximum atomic E-state index is 12.9. The van der Waals surface area contributed by atoms with Crippen molar-refractivity contribution in [1.82, 2.24) is 34.7 Å². The molecule has 190 valence electrons. The summed E-state index contributed by atoms with van der Waals surface area (Å²) < 4.78 is 14.0. The highest BCUT2D eigenvalue weighted by atomic mass is 16.6. The minimum Gasteiger partial charge on any atom is -0.492 e. The largest absolute Gasteiger partial charge is 0.492 e. The van der Waals surface area contributed by atoms with Crippen molar-refractivity contribution in [3.8, 4) is 22.7 Å². The number of carbonyl (C=O) groups excluding carboxylic acids is 1. The first kappa shape index (κ1) is 25.0. The molecule has 11 nitrogen and oxygen atoms in total. The number of alkyl carbamates (subject to hydrolysis) is 1. The molecule has 0 aromatic carbocycles. The van der Waals surface area contributed by atoms with Gasteiger partial charge in [-0.05, 0) is 39.7 Å². The molecule has 0 saturated carbocycles. The standard InChI is InChI=1S/C25H31N7O4/c1-15(2)21-16(3)30-22-19(13-29-32(22)23(21)33)17-12-28-31(14-17)20-11-18(7-8-26-20)35-10-9-27-24(34)36-25(4,5)6/h7-8,11-15,30H,9-10H2,1-6H3,(H,27,34). The fourth-order valence-corrected chi connectivity index (χ4v) is 3.87. The van der Waals surface area contributed by atoms with Crippen LogP contribution >= 0.6 is 0 Å². The average molecular weight is 494 g/mol. The van der Waals surface area contributed by atoms with E-state index in [-0.39, 0.29) is 18.1 Å². The normalized spacial score (nSPS) is 11.8. The van der Waals surface area contributed by atoms with Crippen molar-refractivity contribution in [3.63, 3.8) is 0 Å². The Morgan fingerprint density at radius 2 is 2.00 bits per heavy atom. The van der Waals surface area contributed by atoms with Crippen LogP contribution in [0.1, 0.15) is 51.8 Å². The zero-order valence-corrected chi connectivity index (χ0v) is 21.3. The fraction of sp³-hybridized carbons (Fsp3) is 0.400. The molecule has 0 fully saturated rings. The predicted octanol–water partition coefficient (Wildman–Crippen LogP) is 3.61. The van der Waals surface area contributed by atoms with Gasteiger partial charge in [0.25, 0.3) is 5.56 Å². The monoisotopic (exact) mass is 493 g/mol. The molecule has 0 aliphatic heterocycles. The van der Waals surface area contributed by atoms with Crippen molar-refractivity contribution in [3.05, 3.63) is 58.5 Å². The number of nitrogens with zero attached hydrogens (tertiary/aromatic N) is 5. The lowest BCUT2D eigenvalue weighted by molar-refractivity contribution is 0.0520. The highest BCUT2D eigenvalue weighted by Gasteiger charge is 2.18. The van der Waals surface area contributed by atoms with E-state index in [0.29, 0.717) is 23.8 Å². The number of aryl methyl sites for hydroxylation is 1. The topological polar surface area (TPSA) is 128 Å². The maximum Gasteiger partial charge on any atom is 0.407 e. The third-order valence-corrected chi connectivity index (χ3v) is 5.36. The number of aromatic amines is 1. The Bertz CT molecular complexity index is 1440. The number of H-pyrrole nitrogens is 1. The highest BCUT2D eigenvalue weighted by Crippen LogP contribution is 2.25. The number of hydrogen-bond donors (Lipinski definition) is 2. The lowest BCUT2D eigenvalue weighted by Gasteiger charge is -2.19. The van der Waals surface area contributed by atoms with Gasteiger partial charge in [-0.1, -0.05) is 13.8 Å². The predicted molar refractivity (Wildman–Crippen MR) is 135 cm³/mol. The SMILES string of the molecule is Cc1[nH]c2c(-c3cnn(-c4cc(OCCNC(=O)OC(C)(C)C)ccn4)c3)cnn2c(=O)c1C(C)C. The molecule has 0 atom stereocenters. The van der Waals surface area contributed by atoms with Crippen molar-refractivity contribution < 1.29 is 14.3 Å². The van der Waals surface area contributed by atoms with Gasteiger partial charge in [0.15, 0.2) is 5.82 Å². The van der Waals surface area contributed by atoms with Gasteiger partial charge in [-0.2, -0.15) is 14.7 Å². The number of rotatable bonds is 7. The molecule has 2 N–H and O–H groups in total. The summed E-state index contributed by atoms with van der Waals surface area (Å²) in [6.07, 6.45) is 6.30. The van der Waals surface area contributed by atoms with Crippen LogP contribution in [0.3, 0.4) is 0 Å². The third-order valence-electron chi connectivity index (χ3n) is 5.36. The minimum atomic E-state index is -0.553. The van der Waals surface area contributed by atoms with E-state index in [9.17, 15) is 9.59 Å². The second-order valence-electron chi connectivity index (χ2n) is 9.74. The summed E-state index contributed by atoms with van der Waals surface area (Å²) in [5, 5.41) is 11.4. The number of amides is 1. The van der Waals surface area contributed by atoms with Crippen LogP contribution in [0.25, 0.3) is 22.6 Å². The molecule has 1 amide bonds. The second-order valence-corrected chi connectivity index (χ2v) is 9.74. The zero-order valence-electron chi connectivity index (χ0n) is 21.3. The minimum absolute atomic E-state index is 0.0854. The molecular weight excluding hydrogens is 462 g/mol. The highest BCUT2D eigenvalue weighted by molar-refractivity contribution is 5.76. The van der Waals surface area contributed by atoms with Crippen molar-refractivity contribution in [2.45, 2.75) is 53.1 Å².